The predicted octanol–water partition coefficient (Wildman–Crippen LogP) is 2.45. The van der Waals surface area contributed by atoms with Crippen molar-refractivity contribution in [1.29, 1.82) is 0 Å². The summed E-state index contributed by atoms with van der Waals surface area (Å²) in [6, 6.07) is 0.667. The van der Waals surface area contributed by atoms with Gasteiger partial charge in [0.05, 0.1) is 0 Å². The van der Waals surface area contributed by atoms with Gasteiger partial charge >= 0.3 is 0 Å². The number of nitrogens with one attached hydrogen (secondary N) is 1. The number of nitrogens with two attached hydrogens (primary N) is 1. The van der Waals surface area contributed by atoms with Crippen LogP contribution < -0.4 is 11.1 Å². The van der Waals surface area contributed by atoms with E-state index >= 15 is 0 Å². The molecule has 18 heavy (non-hydrogen) atoms. The second kappa shape index (κ2) is 4.84. The number of carbonyl (C=O) groups is 1. The lowest BCUT2D eigenvalue weighted by Gasteiger charge is -2.39. The Bertz CT molecular complexity index is 326. The van der Waals surface area contributed by atoms with Gasteiger partial charge in [0, 0.05) is 12.5 Å². The van der Waals surface area contributed by atoms with Crippen molar-refractivity contribution in [2.45, 2.75) is 65.3 Å². The smallest absolute Gasteiger partial charge is 0.217 e. The molecule has 2 bridgehead atoms. The molecule has 1 amide bonds. The molecule has 0 aromatic rings. The summed E-state index contributed by atoms with van der Waals surface area (Å²) >= 11 is 0. The van der Waals surface area contributed by atoms with Gasteiger partial charge in [0.15, 0.2) is 0 Å². The van der Waals surface area contributed by atoms with Crippen LogP contribution in [0.2, 0.25) is 0 Å². The summed E-state index contributed by atoms with van der Waals surface area (Å²) in [4.78, 5) is 10.7. The molecule has 0 aromatic carbocycles. The van der Waals surface area contributed by atoms with Crippen molar-refractivity contribution < 1.29 is 4.79 Å². The fourth-order valence-corrected chi connectivity index (χ4v) is 4.21. The number of amides is 1. The summed E-state index contributed by atoms with van der Waals surface area (Å²) in [6.07, 6.45) is 6.60. The van der Waals surface area contributed by atoms with Crippen molar-refractivity contribution in [1.82, 2.24) is 5.32 Å². The Hall–Kier alpha value is -0.570. The summed E-state index contributed by atoms with van der Waals surface area (Å²) in [6.45, 7) is 8.37. The number of carbonyl (C=O) groups excluding carboxylic acids is 1. The van der Waals surface area contributed by atoms with E-state index in [9.17, 15) is 4.79 Å². The molecule has 3 N–H and O–H groups in total. The quantitative estimate of drug-likeness (QED) is 0.713. The molecule has 3 atom stereocenters. The lowest BCUT2D eigenvalue weighted by atomic mass is 9.69. The largest absolute Gasteiger partial charge is 0.370 e. The fourth-order valence-electron chi connectivity index (χ4n) is 4.21. The Morgan fingerprint density at radius 1 is 1.33 bits per heavy atom. The Morgan fingerprint density at radius 2 is 2.06 bits per heavy atom. The van der Waals surface area contributed by atoms with Crippen LogP contribution in [0.25, 0.3) is 0 Å². The maximum absolute atomic E-state index is 10.7. The van der Waals surface area contributed by atoms with E-state index in [1.54, 1.807) is 0 Å². The highest BCUT2D eigenvalue weighted by Gasteiger charge is 2.60. The van der Waals surface area contributed by atoms with Crippen molar-refractivity contribution in [3.8, 4) is 0 Å². The third-order valence-corrected chi connectivity index (χ3v) is 6.03. The van der Waals surface area contributed by atoms with Crippen LogP contribution in [-0.4, -0.2) is 18.5 Å². The van der Waals surface area contributed by atoms with Crippen molar-refractivity contribution in [2.24, 2.45) is 22.5 Å². The average Bonchev–Trinajstić information content (AvgIpc) is 2.61. The maximum Gasteiger partial charge on any atom is 0.217 e. The molecular formula is C15H28N2O. The van der Waals surface area contributed by atoms with Crippen LogP contribution in [0.4, 0.5) is 0 Å². The van der Waals surface area contributed by atoms with Crippen molar-refractivity contribution in [3.05, 3.63) is 0 Å². The third kappa shape index (κ3) is 2.18. The molecule has 2 fully saturated rings. The molecule has 104 valence electrons. The van der Waals surface area contributed by atoms with Gasteiger partial charge in [-0.15, -0.1) is 0 Å². The molecule has 0 aromatic heterocycles. The van der Waals surface area contributed by atoms with Gasteiger partial charge in [0.1, 0.15) is 0 Å². The first-order valence-corrected chi connectivity index (χ1v) is 7.39. The van der Waals surface area contributed by atoms with Crippen molar-refractivity contribution in [2.75, 3.05) is 6.54 Å². The third-order valence-electron chi connectivity index (χ3n) is 6.03. The van der Waals surface area contributed by atoms with E-state index in [1.807, 2.05) is 0 Å². The zero-order valence-corrected chi connectivity index (χ0v) is 12.1. The van der Waals surface area contributed by atoms with Gasteiger partial charge in [0.25, 0.3) is 0 Å². The lowest BCUT2D eigenvalue weighted by molar-refractivity contribution is -0.118. The summed E-state index contributed by atoms with van der Waals surface area (Å²) in [5, 5.41) is 3.73. The van der Waals surface area contributed by atoms with Crippen LogP contribution in [0.5, 0.6) is 0 Å². The molecule has 0 heterocycles. The van der Waals surface area contributed by atoms with Gasteiger partial charge in [-0.2, -0.15) is 0 Å². The molecule has 3 unspecified atom stereocenters. The van der Waals surface area contributed by atoms with Gasteiger partial charge in [-0.25, -0.2) is 0 Å². The predicted molar refractivity (Wildman–Crippen MR) is 74.1 cm³/mol. The van der Waals surface area contributed by atoms with E-state index in [4.69, 9.17) is 5.73 Å². The van der Waals surface area contributed by atoms with Gasteiger partial charge in [-0.05, 0) is 55.4 Å². The van der Waals surface area contributed by atoms with Crippen LogP contribution in [0.15, 0.2) is 0 Å². The Balaban J connectivity index is 1.77. The summed E-state index contributed by atoms with van der Waals surface area (Å²) in [5.41, 5.74) is 6.09. The maximum atomic E-state index is 10.7. The van der Waals surface area contributed by atoms with E-state index in [0.29, 0.717) is 23.3 Å². The molecule has 0 aliphatic heterocycles. The van der Waals surface area contributed by atoms with E-state index in [2.05, 4.69) is 26.1 Å². The first kappa shape index (κ1) is 13.9. The fraction of sp³-hybridized carbons (Fsp3) is 0.933. The van der Waals surface area contributed by atoms with E-state index < -0.39 is 0 Å². The SMILES string of the molecule is CC1(C)C2CCC1(C)C(NCCCCC(N)=O)C2. The highest BCUT2D eigenvalue weighted by molar-refractivity contribution is 5.73. The van der Waals surface area contributed by atoms with Crippen molar-refractivity contribution >= 4 is 5.91 Å². The summed E-state index contributed by atoms with van der Waals surface area (Å²) in [5.74, 6) is 0.716. The molecule has 0 saturated heterocycles. The minimum Gasteiger partial charge on any atom is -0.370 e. The number of primary amides is 1. The molecule has 0 radical (unpaired) electrons. The number of rotatable bonds is 6. The molecular weight excluding hydrogens is 224 g/mol. The average molecular weight is 252 g/mol. The van der Waals surface area contributed by atoms with E-state index in [-0.39, 0.29) is 5.91 Å². The van der Waals surface area contributed by atoms with Gasteiger partial charge in [-0.1, -0.05) is 20.8 Å². The Labute approximate surface area is 111 Å². The minimum absolute atomic E-state index is 0.178. The molecule has 3 nitrogen and oxygen atoms in total. The van der Waals surface area contributed by atoms with Gasteiger partial charge in [0.2, 0.25) is 5.91 Å². The second-order valence-electron chi connectivity index (χ2n) is 7.04. The molecule has 3 heteroatoms. The standard InChI is InChI=1S/C15H28N2O/c1-14(2)11-7-8-15(14,3)12(10-11)17-9-5-4-6-13(16)18/h11-12,17H,4-10H2,1-3H3,(H2,16,18). The van der Waals surface area contributed by atoms with Crippen LogP contribution in [0, 0.1) is 16.7 Å². The Kier molecular flexibility index (Phi) is 3.72. The zero-order chi connectivity index (χ0) is 13.4. The number of hydrogen-bond donors (Lipinski definition) is 2. The highest BCUT2D eigenvalue weighted by atomic mass is 16.1. The summed E-state index contributed by atoms with van der Waals surface area (Å²) < 4.78 is 0. The van der Waals surface area contributed by atoms with Crippen LogP contribution in [0.1, 0.15) is 59.3 Å². The summed E-state index contributed by atoms with van der Waals surface area (Å²) in [7, 11) is 0. The second-order valence-corrected chi connectivity index (χ2v) is 7.04. The highest BCUT2D eigenvalue weighted by Crippen LogP contribution is 2.65. The first-order chi connectivity index (χ1) is 8.38. The normalized spacial score (nSPS) is 37.1. The van der Waals surface area contributed by atoms with Gasteiger partial charge in [-0.3, -0.25) is 4.79 Å². The van der Waals surface area contributed by atoms with E-state index in [1.165, 1.54) is 19.3 Å². The van der Waals surface area contributed by atoms with Crippen LogP contribution in [0.3, 0.4) is 0 Å². The van der Waals surface area contributed by atoms with E-state index in [0.717, 1.165) is 25.3 Å². The molecule has 2 aliphatic rings. The number of unbranched alkanes of at least 4 members (excludes halogenated alkanes) is 1. The zero-order valence-electron chi connectivity index (χ0n) is 12.1. The first-order valence-electron chi connectivity index (χ1n) is 7.39. The van der Waals surface area contributed by atoms with Crippen LogP contribution >= 0.6 is 0 Å². The molecule has 2 rings (SSSR count). The van der Waals surface area contributed by atoms with Crippen molar-refractivity contribution in [3.63, 3.8) is 0 Å². The van der Waals surface area contributed by atoms with Gasteiger partial charge < -0.3 is 11.1 Å². The number of fused-ring (bicyclic) bond motifs is 2. The van der Waals surface area contributed by atoms with Crippen LogP contribution in [-0.2, 0) is 4.79 Å². The monoisotopic (exact) mass is 252 g/mol. The molecule has 0 spiro atoms. The molecule has 2 aliphatic carbocycles. The molecule has 2 saturated carbocycles. The topological polar surface area (TPSA) is 55.1 Å². The Morgan fingerprint density at radius 3 is 2.56 bits per heavy atom. The minimum atomic E-state index is -0.178. The number of hydrogen-bond acceptors (Lipinski definition) is 2. The lowest BCUT2D eigenvalue weighted by Crippen LogP contribution is -2.44.